The number of hydrogen-bond acceptors (Lipinski definition) is 6. The molecular weight excluding hydrogens is 418 g/mol. The molecule has 0 saturated heterocycles. The molecule has 4 rings (SSSR count). The number of halogens is 2. The minimum atomic E-state index is -4.62. The second kappa shape index (κ2) is 7.41. The molecule has 0 aliphatic carbocycles. The van der Waals surface area contributed by atoms with Crippen LogP contribution in [0.1, 0.15) is 11.1 Å². The van der Waals surface area contributed by atoms with Gasteiger partial charge in [0.25, 0.3) is 10.0 Å². The zero-order valence-electron chi connectivity index (χ0n) is 15.9. The minimum Gasteiger partial charge on any atom is -0.496 e. The van der Waals surface area contributed by atoms with E-state index in [1.807, 2.05) is 0 Å². The Labute approximate surface area is 170 Å². The van der Waals surface area contributed by atoms with Crippen LogP contribution < -0.4 is 9.46 Å². The number of benzene rings is 2. The number of nitrogens with one attached hydrogen (secondary N) is 1. The summed E-state index contributed by atoms with van der Waals surface area (Å²) >= 11 is 0. The Hall–Kier alpha value is -3.47. The van der Waals surface area contributed by atoms with Gasteiger partial charge in [0.05, 0.1) is 13.7 Å². The summed E-state index contributed by atoms with van der Waals surface area (Å²) in [6, 6.07) is 6.96. The summed E-state index contributed by atoms with van der Waals surface area (Å²) in [5, 5.41) is 8.06. The molecule has 0 aliphatic rings. The SMILES string of the molecule is COc1cc(Cn2cccn2)cc2onc(NS(=O)(=O)c3c(F)cc(C)cc3F)c12. The van der Waals surface area contributed by atoms with E-state index < -0.39 is 26.6 Å². The van der Waals surface area contributed by atoms with Crippen LogP contribution in [0.5, 0.6) is 5.75 Å². The smallest absolute Gasteiger partial charge is 0.269 e. The van der Waals surface area contributed by atoms with Crippen molar-refractivity contribution in [2.75, 3.05) is 11.8 Å². The summed E-state index contributed by atoms with van der Waals surface area (Å²) in [6.07, 6.45) is 3.42. The first-order valence-electron chi connectivity index (χ1n) is 8.70. The summed E-state index contributed by atoms with van der Waals surface area (Å²) in [5.41, 5.74) is 1.26. The average molecular weight is 434 g/mol. The molecule has 2 aromatic carbocycles. The third kappa shape index (κ3) is 3.59. The first-order chi connectivity index (χ1) is 14.3. The van der Waals surface area contributed by atoms with E-state index in [9.17, 15) is 17.2 Å². The van der Waals surface area contributed by atoms with Crippen LogP contribution in [-0.4, -0.2) is 30.5 Å². The molecule has 0 spiro atoms. The molecule has 0 fully saturated rings. The van der Waals surface area contributed by atoms with E-state index in [-0.39, 0.29) is 28.1 Å². The van der Waals surface area contributed by atoms with Crippen molar-refractivity contribution in [3.63, 3.8) is 0 Å². The Kier molecular flexibility index (Phi) is 4.90. The normalized spacial score (nSPS) is 11.7. The van der Waals surface area contributed by atoms with Crippen LogP contribution in [0.4, 0.5) is 14.6 Å². The topological polar surface area (TPSA) is 99.2 Å². The third-order valence-electron chi connectivity index (χ3n) is 4.36. The lowest BCUT2D eigenvalue weighted by molar-refractivity contribution is 0.418. The van der Waals surface area contributed by atoms with Crippen molar-refractivity contribution in [3.05, 3.63) is 65.5 Å². The predicted octanol–water partition coefficient (Wildman–Crippen LogP) is 3.47. The summed E-state index contributed by atoms with van der Waals surface area (Å²) in [6.45, 7) is 1.87. The van der Waals surface area contributed by atoms with Gasteiger partial charge in [-0.1, -0.05) is 5.16 Å². The highest BCUT2D eigenvalue weighted by Gasteiger charge is 2.27. The fraction of sp³-hybridized carbons (Fsp3) is 0.158. The van der Waals surface area contributed by atoms with Crippen LogP contribution in [0.25, 0.3) is 11.0 Å². The maximum Gasteiger partial charge on any atom is 0.269 e. The van der Waals surface area contributed by atoms with Gasteiger partial charge in [-0.3, -0.25) is 9.40 Å². The molecule has 1 N–H and O–H groups in total. The molecule has 0 aliphatic heterocycles. The zero-order chi connectivity index (χ0) is 21.5. The van der Waals surface area contributed by atoms with Crippen molar-refractivity contribution in [2.24, 2.45) is 0 Å². The largest absolute Gasteiger partial charge is 0.496 e. The van der Waals surface area contributed by atoms with Crippen molar-refractivity contribution < 1.29 is 26.5 Å². The van der Waals surface area contributed by atoms with E-state index in [1.54, 1.807) is 35.3 Å². The second-order valence-electron chi connectivity index (χ2n) is 6.57. The summed E-state index contributed by atoms with van der Waals surface area (Å²) in [7, 11) is -3.22. The number of sulfonamides is 1. The Morgan fingerprint density at radius 3 is 2.57 bits per heavy atom. The number of nitrogens with zero attached hydrogens (tertiary/aromatic N) is 3. The van der Waals surface area contributed by atoms with Crippen LogP contribution in [0.3, 0.4) is 0 Å². The zero-order valence-corrected chi connectivity index (χ0v) is 16.7. The van der Waals surface area contributed by atoms with E-state index in [1.165, 1.54) is 14.0 Å². The van der Waals surface area contributed by atoms with Gasteiger partial charge < -0.3 is 9.26 Å². The van der Waals surface area contributed by atoms with Gasteiger partial charge in [-0.15, -0.1) is 0 Å². The van der Waals surface area contributed by atoms with Gasteiger partial charge in [-0.05, 0) is 48.4 Å². The van der Waals surface area contributed by atoms with Gasteiger partial charge in [0.2, 0.25) is 0 Å². The Balaban J connectivity index is 1.75. The number of aromatic nitrogens is 3. The Morgan fingerprint density at radius 2 is 1.93 bits per heavy atom. The van der Waals surface area contributed by atoms with Gasteiger partial charge in [0.1, 0.15) is 22.8 Å². The summed E-state index contributed by atoms with van der Waals surface area (Å²) in [4.78, 5) is -1.10. The summed E-state index contributed by atoms with van der Waals surface area (Å²) in [5.74, 6) is -2.38. The number of anilines is 1. The van der Waals surface area contributed by atoms with Gasteiger partial charge >= 0.3 is 0 Å². The molecule has 30 heavy (non-hydrogen) atoms. The van der Waals surface area contributed by atoms with Crippen molar-refractivity contribution in [1.29, 1.82) is 0 Å². The number of aryl methyl sites for hydroxylation is 1. The maximum absolute atomic E-state index is 14.2. The van der Waals surface area contributed by atoms with Crippen LogP contribution in [0, 0.1) is 18.6 Å². The predicted molar refractivity (Wildman–Crippen MR) is 104 cm³/mol. The lowest BCUT2D eigenvalue weighted by Crippen LogP contribution is -2.17. The number of fused-ring (bicyclic) bond motifs is 1. The van der Waals surface area contributed by atoms with Crippen LogP contribution in [0.15, 0.2) is 52.1 Å². The molecule has 11 heteroatoms. The van der Waals surface area contributed by atoms with E-state index in [0.717, 1.165) is 17.7 Å². The lowest BCUT2D eigenvalue weighted by Gasteiger charge is -2.10. The molecule has 8 nitrogen and oxygen atoms in total. The van der Waals surface area contributed by atoms with Crippen LogP contribution in [-0.2, 0) is 16.6 Å². The molecule has 156 valence electrons. The molecule has 0 saturated carbocycles. The Bertz CT molecular complexity index is 1310. The number of hydrogen-bond donors (Lipinski definition) is 1. The third-order valence-corrected chi connectivity index (χ3v) is 5.75. The highest BCUT2D eigenvalue weighted by molar-refractivity contribution is 7.92. The maximum atomic E-state index is 14.2. The average Bonchev–Trinajstić information content (AvgIpc) is 3.30. The molecule has 2 heterocycles. The second-order valence-corrected chi connectivity index (χ2v) is 8.19. The highest BCUT2D eigenvalue weighted by Crippen LogP contribution is 2.35. The number of ether oxygens (including phenoxy) is 1. The molecule has 0 amide bonds. The van der Waals surface area contributed by atoms with E-state index >= 15 is 0 Å². The number of methoxy groups -OCH3 is 1. The molecule has 0 radical (unpaired) electrons. The van der Waals surface area contributed by atoms with Crippen molar-refractivity contribution in [2.45, 2.75) is 18.4 Å². The van der Waals surface area contributed by atoms with E-state index in [0.29, 0.717) is 6.54 Å². The van der Waals surface area contributed by atoms with Crippen LogP contribution in [0.2, 0.25) is 0 Å². The molecular formula is C19H16F2N4O4S. The molecule has 0 atom stereocenters. The number of rotatable bonds is 6. The minimum absolute atomic E-state index is 0.221. The van der Waals surface area contributed by atoms with E-state index in [2.05, 4.69) is 15.0 Å². The van der Waals surface area contributed by atoms with Gasteiger partial charge in [0.15, 0.2) is 16.3 Å². The molecule has 4 aromatic rings. The van der Waals surface area contributed by atoms with Gasteiger partial charge in [0, 0.05) is 12.4 Å². The highest BCUT2D eigenvalue weighted by atomic mass is 32.2. The fourth-order valence-electron chi connectivity index (χ4n) is 3.11. The van der Waals surface area contributed by atoms with Crippen molar-refractivity contribution in [3.8, 4) is 5.75 Å². The lowest BCUT2D eigenvalue weighted by atomic mass is 10.1. The van der Waals surface area contributed by atoms with Crippen molar-refractivity contribution >= 4 is 26.8 Å². The fourth-order valence-corrected chi connectivity index (χ4v) is 4.24. The van der Waals surface area contributed by atoms with E-state index in [4.69, 9.17) is 9.26 Å². The summed E-state index contributed by atoms with van der Waals surface area (Å²) < 4.78 is 68.1. The monoisotopic (exact) mass is 434 g/mol. The van der Waals surface area contributed by atoms with Crippen LogP contribution >= 0.6 is 0 Å². The quantitative estimate of drug-likeness (QED) is 0.499. The molecule has 2 aromatic heterocycles. The Morgan fingerprint density at radius 1 is 1.20 bits per heavy atom. The molecule has 0 unspecified atom stereocenters. The van der Waals surface area contributed by atoms with Crippen molar-refractivity contribution in [1.82, 2.24) is 14.9 Å². The van der Waals surface area contributed by atoms with Gasteiger partial charge in [-0.25, -0.2) is 17.2 Å². The standard InChI is InChI=1S/C19H16F2N4O4S/c1-11-6-13(20)18(14(21)7-11)30(26,27)24-19-17-15(28-2)8-12(9-16(17)29-23-19)10-25-5-3-4-22-25/h3-9H,10H2,1-2H3,(H,23,24). The first kappa shape index (κ1) is 19.8. The molecule has 0 bridgehead atoms. The first-order valence-corrected chi connectivity index (χ1v) is 10.2. The van der Waals surface area contributed by atoms with Gasteiger partial charge in [-0.2, -0.15) is 5.10 Å².